The van der Waals surface area contributed by atoms with E-state index in [4.69, 9.17) is 4.74 Å². The van der Waals surface area contributed by atoms with Crippen molar-refractivity contribution >= 4 is 24.1 Å². The highest BCUT2D eigenvalue weighted by Crippen LogP contribution is 2.06. The Morgan fingerprint density at radius 2 is 1.89 bits per heavy atom. The Bertz CT molecular complexity index is 623. The van der Waals surface area contributed by atoms with Crippen molar-refractivity contribution in [2.75, 3.05) is 33.5 Å². The van der Waals surface area contributed by atoms with Gasteiger partial charge in [-0.3, -0.25) is 19.2 Å². The number of hydrogen-bond donors (Lipinski definition) is 3. The summed E-state index contributed by atoms with van der Waals surface area (Å²) >= 11 is 0. The molecule has 0 aliphatic heterocycles. The van der Waals surface area contributed by atoms with E-state index in [2.05, 4.69) is 16.0 Å². The molecular weight excluding hydrogens is 352 g/mol. The minimum absolute atomic E-state index is 0.0684. The van der Waals surface area contributed by atoms with Crippen molar-refractivity contribution in [2.24, 2.45) is 0 Å². The van der Waals surface area contributed by atoms with Gasteiger partial charge in [-0.25, -0.2) is 0 Å². The highest BCUT2D eigenvalue weighted by atomic mass is 16.5. The molecule has 9 nitrogen and oxygen atoms in total. The number of benzene rings is 1. The lowest BCUT2D eigenvalue weighted by Crippen LogP contribution is -2.52. The molecule has 4 amide bonds. The largest absolute Gasteiger partial charge is 0.362 e. The Morgan fingerprint density at radius 1 is 1.19 bits per heavy atom. The van der Waals surface area contributed by atoms with Crippen LogP contribution in [-0.4, -0.2) is 68.5 Å². The quantitative estimate of drug-likeness (QED) is 0.246. The second kappa shape index (κ2) is 12.4. The summed E-state index contributed by atoms with van der Waals surface area (Å²) < 4.78 is 5.03. The summed E-state index contributed by atoms with van der Waals surface area (Å²) in [6.07, 6.45) is 0.667. The van der Waals surface area contributed by atoms with Crippen LogP contribution in [0.15, 0.2) is 30.3 Å². The summed E-state index contributed by atoms with van der Waals surface area (Å²) in [5, 5.41) is 7.38. The minimum atomic E-state index is -0.863. The van der Waals surface area contributed by atoms with Gasteiger partial charge in [0.25, 0.3) is 0 Å². The summed E-state index contributed by atoms with van der Waals surface area (Å²) in [5.41, 5.74) is 0.855. The van der Waals surface area contributed by atoms with E-state index >= 15 is 0 Å². The third kappa shape index (κ3) is 8.82. The molecule has 0 heterocycles. The van der Waals surface area contributed by atoms with Crippen molar-refractivity contribution in [1.82, 2.24) is 20.9 Å². The number of likely N-dealkylation sites (N-methyl/N-ethyl adjacent to an activating group) is 1. The van der Waals surface area contributed by atoms with Crippen LogP contribution in [-0.2, 0) is 30.3 Å². The Hall–Kier alpha value is -2.94. The van der Waals surface area contributed by atoms with Gasteiger partial charge in [-0.2, -0.15) is 0 Å². The summed E-state index contributed by atoms with van der Waals surface area (Å²) in [5.74, 6) is -1.28. The molecule has 0 saturated heterocycles. The van der Waals surface area contributed by atoms with Gasteiger partial charge in [0.15, 0.2) is 0 Å². The lowest BCUT2D eigenvalue weighted by Gasteiger charge is -2.24. The van der Waals surface area contributed by atoms with Crippen LogP contribution in [0.25, 0.3) is 0 Å². The SMILES string of the molecule is CCOCNC(=O)CN(C)C(=O)C(Cc1ccccc1)NC(=O)CNC=O. The maximum atomic E-state index is 12.7. The molecule has 0 aromatic heterocycles. The van der Waals surface area contributed by atoms with Crippen molar-refractivity contribution in [3.63, 3.8) is 0 Å². The van der Waals surface area contributed by atoms with Crippen LogP contribution in [0.2, 0.25) is 0 Å². The standard InChI is InChI=1S/C18H26N4O5/c1-3-27-13-20-17(25)11-22(2)18(26)15(21-16(24)10-19-12-23)9-14-7-5-4-6-8-14/h4-8,12,15H,3,9-11,13H2,1-2H3,(H,19,23)(H,20,25)(H,21,24). The van der Waals surface area contributed by atoms with E-state index in [1.165, 1.54) is 11.9 Å². The Balaban J connectivity index is 2.73. The third-order valence-electron chi connectivity index (χ3n) is 3.59. The molecule has 1 aromatic rings. The first-order valence-electron chi connectivity index (χ1n) is 8.57. The predicted molar refractivity (Wildman–Crippen MR) is 98.4 cm³/mol. The van der Waals surface area contributed by atoms with Gasteiger partial charge in [-0.15, -0.1) is 0 Å². The molecule has 1 rings (SSSR count). The van der Waals surface area contributed by atoms with Crippen molar-refractivity contribution in [2.45, 2.75) is 19.4 Å². The molecule has 27 heavy (non-hydrogen) atoms. The van der Waals surface area contributed by atoms with Crippen molar-refractivity contribution < 1.29 is 23.9 Å². The van der Waals surface area contributed by atoms with Crippen LogP contribution in [0.1, 0.15) is 12.5 Å². The summed E-state index contributed by atoms with van der Waals surface area (Å²) in [6.45, 7) is 1.94. The molecule has 148 valence electrons. The van der Waals surface area contributed by atoms with Gasteiger partial charge < -0.3 is 25.6 Å². The lowest BCUT2D eigenvalue weighted by atomic mass is 10.0. The normalized spacial score (nSPS) is 11.2. The average molecular weight is 378 g/mol. The van der Waals surface area contributed by atoms with Crippen LogP contribution in [0, 0.1) is 0 Å². The topological polar surface area (TPSA) is 117 Å². The van der Waals surface area contributed by atoms with Gasteiger partial charge in [0.1, 0.15) is 12.8 Å². The summed E-state index contributed by atoms with van der Waals surface area (Å²) in [7, 11) is 1.48. The zero-order valence-electron chi connectivity index (χ0n) is 15.6. The second-order valence-electron chi connectivity index (χ2n) is 5.74. The Labute approximate surface area is 158 Å². The molecule has 1 atom stereocenters. The molecule has 0 fully saturated rings. The zero-order chi connectivity index (χ0) is 20.1. The molecule has 0 spiro atoms. The van der Waals surface area contributed by atoms with E-state index in [-0.39, 0.29) is 32.1 Å². The maximum absolute atomic E-state index is 12.7. The van der Waals surface area contributed by atoms with E-state index in [9.17, 15) is 19.2 Å². The zero-order valence-corrected chi connectivity index (χ0v) is 15.6. The van der Waals surface area contributed by atoms with Crippen molar-refractivity contribution in [3.8, 4) is 0 Å². The third-order valence-corrected chi connectivity index (χ3v) is 3.59. The predicted octanol–water partition coefficient (Wildman–Crippen LogP) is -0.971. The molecule has 9 heteroatoms. The van der Waals surface area contributed by atoms with Crippen molar-refractivity contribution in [1.29, 1.82) is 0 Å². The molecule has 3 N–H and O–H groups in total. The highest BCUT2D eigenvalue weighted by Gasteiger charge is 2.25. The minimum Gasteiger partial charge on any atom is -0.362 e. The molecular formula is C18H26N4O5. The molecule has 0 radical (unpaired) electrons. The fourth-order valence-corrected chi connectivity index (χ4v) is 2.28. The number of nitrogens with one attached hydrogen (secondary N) is 3. The average Bonchev–Trinajstić information content (AvgIpc) is 2.66. The van der Waals surface area contributed by atoms with Crippen LogP contribution >= 0.6 is 0 Å². The fourth-order valence-electron chi connectivity index (χ4n) is 2.28. The Kier molecular flexibility index (Phi) is 10.2. The van der Waals surface area contributed by atoms with Gasteiger partial charge in [0.05, 0.1) is 13.1 Å². The smallest absolute Gasteiger partial charge is 0.245 e. The maximum Gasteiger partial charge on any atom is 0.245 e. The molecule has 0 bridgehead atoms. The molecule has 0 aliphatic carbocycles. The van der Waals surface area contributed by atoms with E-state index in [1.54, 1.807) is 6.92 Å². The highest BCUT2D eigenvalue weighted by molar-refractivity contribution is 5.91. The van der Waals surface area contributed by atoms with Crippen LogP contribution in [0.5, 0.6) is 0 Å². The summed E-state index contributed by atoms with van der Waals surface area (Å²) in [4.78, 5) is 48.1. The van der Waals surface area contributed by atoms with Crippen LogP contribution in [0.3, 0.4) is 0 Å². The molecule has 1 aromatic carbocycles. The number of rotatable bonds is 12. The number of amides is 4. The fraction of sp³-hybridized carbons (Fsp3) is 0.444. The van der Waals surface area contributed by atoms with E-state index in [0.29, 0.717) is 13.0 Å². The van der Waals surface area contributed by atoms with Crippen LogP contribution < -0.4 is 16.0 Å². The van der Waals surface area contributed by atoms with Crippen LogP contribution in [0.4, 0.5) is 0 Å². The number of nitrogens with zero attached hydrogens (tertiary/aromatic N) is 1. The van der Waals surface area contributed by atoms with Crippen molar-refractivity contribution in [3.05, 3.63) is 35.9 Å². The van der Waals surface area contributed by atoms with Gasteiger partial charge >= 0.3 is 0 Å². The van der Waals surface area contributed by atoms with E-state index < -0.39 is 17.9 Å². The monoisotopic (exact) mass is 378 g/mol. The number of carbonyl (C=O) groups is 4. The van der Waals surface area contributed by atoms with Gasteiger partial charge in [0, 0.05) is 20.1 Å². The molecule has 0 aliphatic rings. The van der Waals surface area contributed by atoms with Gasteiger partial charge in [-0.1, -0.05) is 30.3 Å². The second-order valence-corrected chi connectivity index (χ2v) is 5.74. The first-order chi connectivity index (χ1) is 13.0. The van der Waals surface area contributed by atoms with E-state index in [1.807, 2.05) is 30.3 Å². The number of carbonyl (C=O) groups excluding carboxylic acids is 4. The first kappa shape index (κ1) is 22.1. The number of ether oxygens (including phenoxy) is 1. The van der Waals surface area contributed by atoms with Gasteiger partial charge in [0.2, 0.25) is 24.1 Å². The van der Waals surface area contributed by atoms with E-state index in [0.717, 1.165) is 5.56 Å². The van der Waals surface area contributed by atoms with Gasteiger partial charge in [-0.05, 0) is 12.5 Å². The Morgan fingerprint density at radius 3 is 2.52 bits per heavy atom. The molecule has 0 saturated carbocycles. The molecule has 1 unspecified atom stereocenters. The summed E-state index contributed by atoms with van der Waals surface area (Å²) in [6, 6.07) is 8.32. The number of hydrogen-bond acceptors (Lipinski definition) is 5. The first-order valence-corrected chi connectivity index (χ1v) is 8.57. The lowest BCUT2D eigenvalue weighted by molar-refractivity contribution is -0.138.